The van der Waals surface area contributed by atoms with Gasteiger partial charge in [0.1, 0.15) is 0 Å². The maximum absolute atomic E-state index is 7.78. The van der Waals surface area contributed by atoms with E-state index in [9.17, 15) is 0 Å². The van der Waals surface area contributed by atoms with E-state index in [0.29, 0.717) is 0 Å². The lowest BCUT2D eigenvalue weighted by molar-refractivity contribution is -0.0185. The monoisotopic (exact) mass is 247 g/mol. The SMILES string of the molecule is CC1CN(CC(C(=N)N)c2ccccc2)CCO1. The molecule has 1 aliphatic rings. The van der Waals surface area contributed by atoms with Crippen LogP contribution in [0.3, 0.4) is 0 Å². The molecule has 1 aromatic carbocycles. The van der Waals surface area contributed by atoms with Gasteiger partial charge in [-0.3, -0.25) is 10.3 Å². The topological polar surface area (TPSA) is 62.3 Å². The van der Waals surface area contributed by atoms with Crippen molar-refractivity contribution in [3.63, 3.8) is 0 Å². The molecule has 0 saturated carbocycles. The second-order valence-corrected chi connectivity index (χ2v) is 4.86. The molecule has 1 fully saturated rings. The Kier molecular flexibility index (Phi) is 4.33. The molecular formula is C14H21N3O. The summed E-state index contributed by atoms with van der Waals surface area (Å²) in [6.07, 6.45) is 0.266. The Morgan fingerprint density at radius 3 is 2.83 bits per heavy atom. The van der Waals surface area contributed by atoms with Crippen molar-refractivity contribution in [3.8, 4) is 0 Å². The fraction of sp³-hybridized carbons (Fsp3) is 0.500. The van der Waals surface area contributed by atoms with Crippen LogP contribution in [0.25, 0.3) is 0 Å². The number of amidine groups is 1. The number of ether oxygens (including phenoxy) is 1. The van der Waals surface area contributed by atoms with Crippen molar-refractivity contribution in [2.75, 3.05) is 26.2 Å². The number of nitrogens with one attached hydrogen (secondary N) is 1. The van der Waals surface area contributed by atoms with Crippen LogP contribution in [0.4, 0.5) is 0 Å². The summed E-state index contributed by atoms with van der Waals surface area (Å²) in [6, 6.07) is 10.0. The molecule has 0 amide bonds. The van der Waals surface area contributed by atoms with E-state index in [1.165, 1.54) is 0 Å². The summed E-state index contributed by atoms with van der Waals surface area (Å²) in [7, 11) is 0. The maximum atomic E-state index is 7.78. The van der Waals surface area contributed by atoms with Gasteiger partial charge >= 0.3 is 0 Å². The smallest absolute Gasteiger partial charge is 0.0995 e. The van der Waals surface area contributed by atoms with Gasteiger partial charge in [0, 0.05) is 19.6 Å². The van der Waals surface area contributed by atoms with Gasteiger partial charge in [0.25, 0.3) is 0 Å². The van der Waals surface area contributed by atoms with Crippen molar-refractivity contribution in [1.82, 2.24) is 4.90 Å². The van der Waals surface area contributed by atoms with Crippen LogP contribution in [-0.2, 0) is 4.74 Å². The van der Waals surface area contributed by atoms with E-state index >= 15 is 0 Å². The molecule has 1 aromatic rings. The Hall–Kier alpha value is -1.39. The van der Waals surface area contributed by atoms with Crippen molar-refractivity contribution >= 4 is 5.84 Å². The molecule has 2 unspecified atom stereocenters. The number of nitrogens with two attached hydrogens (primary N) is 1. The summed E-state index contributed by atoms with van der Waals surface area (Å²) in [5.74, 6) is 0.219. The first-order chi connectivity index (χ1) is 8.66. The van der Waals surface area contributed by atoms with E-state index in [2.05, 4.69) is 11.8 Å². The third-order valence-corrected chi connectivity index (χ3v) is 3.34. The summed E-state index contributed by atoms with van der Waals surface area (Å²) >= 11 is 0. The predicted octanol–water partition coefficient (Wildman–Crippen LogP) is 1.43. The second-order valence-electron chi connectivity index (χ2n) is 4.86. The third-order valence-electron chi connectivity index (χ3n) is 3.34. The predicted molar refractivity (Wildman–Crippen MR) is 73.0 cm³/mol. The van der Waals surface area contributed by atoms with Crippen molar-refractivity contribution in [1.29, 1.82) is 5.41 Å². The third kappa shape index (κ3) is 3.31. The highest BCUT2D eigenvalue weighted by Gasteiger charge is 2.22. The van der Waals surface area contributed by atoms with Crippen LogP contribution >= 0.6 is 0 Å². The molecule has 98 valence electrons. The van der Waals surface area contributed by atoms with Gasteiger partial charge in [-0.1, -0.05) is 30.3 Å². The molecule has 2 atom stereocenters. The number of benzene rings is 1. The Balaban J connectivity index is 2.05. The van der Waals surface area contributed by atoms with Crippen LogP contribution in [-0.4, -0.2) is 43.1 Å². The van der Waals surface area contributed by atoms with Gasteiger partial charge in [0.2, 0.25) is 0 Å². The highest BCUT2D eigenvalue weighted by Crippen LogP contribution is 2.18. The highest BCUT2D eigenvalue weighted by molar-refractivity contribution is 5.84. The van der Waals surface area contributed by atoms with Crippen LogP contribution in [0, 0.1) is 5.41 Å². The van der Waals surface area contributed by atoms with Gasteiger partial charge < -0.3 is 10.5 Å². The lowest BCUT2D eigenvalue weighted by atomic mass is 9.97. The van der Waals surface area contributed by atoms with Crippen LogP contribution in [0.2, 0.25) is 0 Å². The molecule has 1 heterocycles. The molecule has 1 saturated heterocycles. The molecule has 0 bridgehead atoms. The Labute approximate surface area is 108 Å². The van der Waals surface area contributed by atoms with Crippen LogP contribution < -0.4 is 5.73 Å². The van der Waals surface area contributed by atoms with E-state index in [4.69, 9.17) is 15.9 Å². The van der Waals surface area contributed by atoms with E-state index in [0.717, 1.165) is 31.8 Å². The number of rotatable bonds is 4. The van der Waals surface area contributed by atoms with Gasteiger partial charge in [-0.15, -0.1) is 0 Å². The van der Waals surface area contributed by atoms with Crippen LogP contribution in [0.1, 0.15) is 18.4 Å². The minimum Gasteiger partial charge on any atom is -0.387 e. The average Bonchev–Trinajstić information content (AvgIpc) is 2.37. The molecule has 0 aliphatic carbocycles. The zero-order valence-electron chi connectivity index (χ0n) is 10.8. The lowest BCUT2D eigenvalue weighted by Gasteiger charge is -2.33. The van der Waals surface area contributed by atoms with E-state index in [1.807, 2.05) is 30.3 Å². The highest BCUT2D eigenvalue weighted by atomic mass is 16.5. The summed E-state index contributed by atoms with van der Waals surface area (Å²) in [5, 5.41) is 7.78. The summed E-state index contributed by atoms with van der Waals surface area (Å²) in [6.45, 7) is 5.47. The molecule has 1 aliphatic heterocycles. The second kappa shape index (κ2) is 5.98. The molecule has 4 nitrogen and oxygen atoms in total. The van der Waals surface area contributed by atoms with Crippen molar-refractivity contribution in [2.45, 2.75) is 18.9 Å². The first kappa shape index (κ1) is 13.1. The number of hydrogen-bond donors (Lipinski definition) is 2. The van der Waals surface area contributed by atoms with E-state index in [1.54, 1.807) is 0 Å². The quantitative estimate of drug-likeness (QED) is 0.625. The zero-order chi connectivity index (χ0) is 13.0. The molecule has 3 N–H and O–H groups in total. The van der Waals surface area contributed by atoms with Gasteiger partial charge in [0.15, 0.2) is 0 Å². The molecule has 18 heavy (non-hydrogen) atoms. The largest absolute Gasteiger partial charge is 0.387 e. The molecule has 0 radical (unpaired) electrons. The minimum atomic E-state index is -0.0171. The maximum Gasteiger partial charge on any atom is 0.0995 e. The molecule has 2 rings (SSSR count). The fourth-order valence-corrected chi connectivity index (χ4v) is 2.38. The Bertz CT molecular complexity index is 393. The molecule has 4 heteroatoms. The van der Waals surface area contributed by atoms with Crippen molar-refractivity contribution < 1.29 is 4.74 Å². The lowest BCUT2D eigenvalue weighted by Crippen LogP contribution is -2.44. The molecule has 0 aromatic heterocycles. The Morgan fingerprint density at radius 2 is 2.22 bits per heavy atom. The normalized spacial score (nSPS) is 22.6. The van der Waals surface area contributed by atoms with Gasteiger partial charge in [0.05, 0.1) is 24.5 Å². The standard InChI is InChI=1S/C14H21N3O/c1-11-9-17(7-8-18-11)10-13(14(15)16)12-5-3-2-4-6-12/h2-6,11,13H,7-10H2,1H3,(H3,15,16). The summed E-state index contributed by atoms with van der Waals surface area (Å²) < 4.78 is 5.53. The summed E-state index contributed by atoms with van der Waals surface area (Å²) in [4.78, 5) is 2.33. The van der Waals surface area contributed by atoms with Crippen LogP contribution in [0.5, 0.6) is 0 Å². The van der Waals surface area contributed by atoms with Gasteiger partial charge in [-0.2, -0.15) is 0 Å². The van der Waals surface area contributed by atoms with Crippen molar-refractivity contribution in [2.24, 2.45) is 5.73 Å². The minimum absolute atomic E-state index is 0.0171. The first-order valence-electron chi connectivity index (χ1n) is 6.39. The molecule has 0 spiro atoms. The van der Waals surface area contributed by atoms with Crippen LogP contribution in [0.15, 0.2) is 30.3 Å². The summed E-state index contributed by atoms with van der Waals surface area (Å²) in [5.41, 5.74) is 6.86. The number of nitrogens with zero attached hydrogens (tertiary/aromatic N) is 1. The average molecular weight is 247 g/mol. The van der Waals surface area contributed by atoms with Gasteiger partial charge in [-0.25, -0.2) is 0 Å². The van der Waals surface area contributed by atoms with E-state index in [-0.39, 0.29) is 17.9 Å². The van der Waals surface area contributed by atoms with Crippen molar-refractivity contribution in [3.05, 3.63) is 35.9 Å². The first-order valence-corrected chi connectivity index (χ1v) is 6.39. The Morgan fingerprint density at radius 1 is 1.50 bits per heavy atom. The number of morpholine rings is 1. The van der Waals surface area contributed by atoms with E-state index < -0.39 is 0 Å². The fourth-order valence-electron chi connectivity index (χ4n) is 2.38. The zero-order valence-corrected chi connectivity index (χ0v) is 10.8. The molecular weight excluding hydrogens is 226 g/mol. The number of hydrogen-bond acceptors (Lipinski definition) is 3. The van der Waals surface area contributed by atoms with Gasteiger partial charge in [-0.05, 0) is 12.5 Å².